The van der Waals surface area contributed by atoms with E-state index in [9.17, 15) is 18.0 Å². The molecule has 0 unspecified atom stereocenters. The standard InChI is InChI=1S/C28H32F3N5OS/c1-34-8-10-35(11-9-34)26(37)21-4-2-19(3-5-21)12-20-14-27(15-20)6-7-36(17-27)24-23-13-22(16-28(29,30)31)38-25(23)33-18-32-24/h2-5,13,18,20H,6-12,14-17H2,1H3. The number of rotatable bonds is 5. The summed E-state index contributed by atoms with van der Waals surface area (Å²) in [6.07, 6.45) is 0.683. The summed E-state index contributed by atoms with van der Waals surface area (Å²) in [5, 5.41) is 0.732. The van der Waals surface area contributed by atoms with Gasteiger partial charge in [0.1, 0.15) is 17.0 Å². The lowest BCUT2D eigenvalue weighted by molar-refractivity contribution is -0.126. The molecule has 6 rings (SSSR count). The number of hydrogen-bond acceptors (Lipinski definition) is 6. The summed E-state index contributed by atoms with van der Waals surface area (Å²) in [7, 11) is 2.08. The lowest BCUT2D eigenvalue weighted by Gasteiger charge is -2.45. The average molecular weight is 544 g/mol. The first-order valence-corrected chi connectivity index (χ1v) is 14.1. The van der Waals surface area contributed by atoms with Crippen LogP contribution in [-0.4, -0.2) is 78.2 Å². The van der Waals surface area contributed by atoms with E-state index in [1.807, 2.05) is 17.0 Å². The highest BCUT2D eigenvalue weighted by atomic mass is 32.1. The number of likely N-dealkylation sites (N-methyl/N-ethyl adjacent to an activating group) is 1. The molecule has 2 saturated heterocycles. The highest BCUT2D eigenvalue weighted by molar-refractivity contribution is 7.18. The molecule has 0 radical (unpaired) electrons. The fourth-order valence-corrected chi connectivity index (χ4v) is 7.52. The molecular formula is C28H32F3N5OS. The molecule has 6 nitrogen and oxygen atoms in total. The van der Waals surface area contributed by atoms with Crippen LogP contribution in [0.2, 0.25) is 0 Å². The second kappa shape index (κ2) is 9.79. The maximum Gasteiger partial charge on any atom is 0.393 e. The predicted octanol–water partition coefficient (Wildman–Crippen LogP) is 5.03. The molecule has 0 N–H and O–H groups in total. The molecule has 3 fully saturated rings. The lowest BCUT2D eigenvalue weighted by atomic mass is 9.60. The summed E-state index contributed by atoms with van der Waals surface area (Å²) >= 11 is 1.11. The Bertz CT molecular complexity index is 1310. The number of piperazine rings is 1. The lowest BCUT2D eigenvalue weighted by Crippen LogP contribution is -2.47. The molecule has 1 amide bonds. The van der Waals surface area contributed by atoms with Gasteiger partial charge in [-0.15, -0.1) is 11.3 Å². The molecule has 1 spiro atoms. The highest BCUT2D eigenvalue weighted by Gasteiger charge is 2.48. The van der Waals surface area contributed by atoms with Crippen LogP contribution < -0.4 is 4.90 Å². The van der Waals surface area contributed by atoms with Crippen molar-refractivity contribution in [3.63, 3.8) is 0 Å². The van der Waals surface area contributed by atoms with Crippen molar-refractivity contribution in [3.05, 3.63) is 52.7 Å². The Morgan fingerprint density at radius 1 is 1.08 bits per heavy atom. The number of alkyl halides is 3. The maximum absolute atomic E-state index is 12.9. The van der Waals surface area contributed by atoms with Crippen LogP contribution in [0.3, 0.4) is 0 Å². The highest BCUT2D eigenvalue weighted by Crippen LogP contribution is 2.53. The predicted molar refractivity (Wildman–Crippen MR) is 143 cm³/mol. The van der Waals surface area contributed by atoms with E-state index in [2.05, 4.69) is 38.9 Å². The summed E-state index contributed by atoms with van der Waals surface area (Å²) in [6.45, 7) is 5.14. The minimum absolute atomic E-state index is 0.119. The van der Waals surface area contributed by atoms with Crippen molar-refractivity contribution in [2.45, 2.75) is 38.3 Å². The minimum Gasteiger partial charge on any atom is -0.355 e. The van der Waals surface area contributed by atoms with Crippen molar-refractivity contribution in [3.8, 4) is 0 Å². The second-order valence-electron chi connectivity index (χ2n) is 11.4. The Hall–Kier alpha value is -2.72. The van der Waals surface area contributed by atoms with E-state index in [1.54, 1.807) is 6.07 Å². The molecule has 202 valence electrons. The summed E-state index contributed by atoms with van der Waals surface area (Å²) in [5.41, 5.74) is 2.28. The van der Waals surface area contributed by atoms with Gasteiger partial charge in [0, 0.05) is 49.7 Å². The van der Waals surface area contributed by atoms with Crippen molar-refractivity contribution in [1.29, 1.82) is 0 Å². The Morgan fingerprint density at radius 2 is 1.82 bits per heavy atom. The number of halogens is 3. The van der Waals surface area contributed by atoms with Crippen LogP contribution in [0.5, 0.6) is 0 Å². The van der Waals surface area contributed by atoms with Crippen LogP contribution >= 0.6 is 11.3 Å². The summed E-state index contributed by atoms with van der Waals surface area (Å²) < 4.78 is 38.7. The molecule has 3 aliphatic rings. The van der Waals surface area contributed by atoms with Crippen LogP contribution in [0, 0.1) is 11.3 Å². The average Bonchev–Trinajstić information content (AvgIpc) is 3.47. The van der Waals surface area contributed by atoms with Gasteiger partial charge in [-0.2, -0.15) is 13.2 Å². The van der Waals surface area contributed by atoms with Gasteiger partial charge in [0.25, 0.3) is 5.91 Å². The summed E-state index contributed by atoms with van der Waals surface area (Å²) in [5.74, 6) is 1.49. The molecule has 38 heavy (non-hydrogen) atoms. The topological polar surface area (TPSA) is 52.6 Å². The van der Waals surface area contributed by atoms with E-state index in [-0.39, 0.29) is 16.2 Å². The maximum atomic E-state index is 12.9. The number of carbonyl (C=O) groups excluding carboxylic acids is 1. The quantitative estimate of drug-likeness (QED) is 0.452. The van der Waals surface area contributed by atoms with Gasteiger partial charge in [0.2, 0.25) is 0 Å². The Morgan fingerprint density at radius 3 is 2.53 bits per heavy atom. The number of aromatic nitrogens is 2. The van der Waals surface area contributed by atoms with E-state index in [1.165, 1.54) is 11.9 Å². The van der Waals surface area contributed by atoms with Gasteiger partial charge >= 0.3 is 6.18 Å². The van der Waals surface area contributed by atoms with Crippen LogP contribution in [0.25, 0.3) is 10.2 Å². The normalized spacial score (nSPS) is 24.4. The Labute approximate surface area is 224 Å². The monoisotopic (exact) mass is 543 g/mol. The summed E-state index contributed by atoms with van der Waals surface area (Å²) in [4.78, 5) is 28.8. The third kappa shape index (κ3) is 5.25. The first-order valence-electron chi connectivity index (χ1n) is 13.3. The SMILES string of the molecule is CN1CCN(C(=O)c2ccc(CC3CC4(CCN(c5ncnc6sc(CC(F)(F)F)cc56)C4)C3)cc2)CC1. The first-order chi connectivity index (χ1) is 18.2. The number of fused-ring (bicyclic) bond motifs is 1. The second-order valence-corrected chi connectivity index (χ2v) is 12.5. The Balaban J connectivity index is 1.05. The van der Waals surface area contributed by atoms with E-state index in [0.717, 1.165) is 93.1 Å². The zero-order chi connectivity index (χ0) is 26.5. The van der Waals surface area contributed by atoms with Crippen molar-refractivity contribution in [2.24, 2.45) is 11.3 Å². The van der Waals surface area contributed by atoms with Gasteiger partial charge in [0.15, 0.2) is 0 Å². The summed E-state index contributed by atoms with van der Waals surface area (Å²) in [6, 6.07) is 9.76. The number of benzene rings is 1. The number of carbonyl (C=O) groups is 1. The van der Waals surface area contributed by atoms with Gasteiger partial charge in [-0.3, -0.25) is 4.79 Å². The Kier molecular flexibility index (Phi) is 6.58. The zero-order valence-corrected chi connectivity index (χ0v) is 22.3. The molecule has 2 aliphatic heterocycles. The van der Waals surface area contributed by atoms with Crippen molar-refractivity contribution < 1.29 is 18.0 Å². The fourth-order valence-electron chi connectivity index (χ4n) is 6.50. The molecule has 2 aromatic heterocycles. The number of amides is 1. The smallest absolute Gasteiger partial charge is 0.355 e. The van der Waals surface area contributed by atoms with Crippen LogP contribution in [0.4, 0.5) is 19.0 Å². The number of hydrogen-bond donors (Lipinski definition) is 0. The molecule has 1 saturated carbocycles. The third-order valence-electron chi connectivity index (χ3n) is 8.43. The number of nitrogens with zero attached hydrogens (tertiary/aromatic N) is 5. The van der Waals surface area contributed by atoms with E-state index in [4.69, 9.17) is 0 Å². The largest absolute Gasteiger partial charge is 0.393 e. The van der Waals surface area contributed by atoms with Gasteiger partial charge in [-0.05, 0) is 67.8 Å². The molecule has 1 aliphatic carbocycles. The number of thiophene rings is 1. The third-order valence-corrected chi connectivity index (χ3v) is 9.47. The first kappa shape index (κ1) is 25.6. The van der Waals surface area contributed by atoms with E-state index < -0.39 is 12.6 Å². The van der Waals surface area contributed by atoms with E-state index >= 15 is 0 Å². The molecule has 3 aromatic rings. The van der Waals surface area contributed by atoms with Gasteiger partial charge in [-0.25, -0.2) is 9.97 Å². The molecule has 10 heteroatoms. The molecule has 1 aromatic carbocycles. The van der Waals surface area contributed by atoms with Gasteiger partial charge in [0.05, 0.1) is 11.8 Å². The minimum atomic E-state index is -4.23. The van der Waals surface area contributed by atoms with E-state index in [0.29, 0.717) is 10.7 Å². The van der Waals surface area contributed by atoms with Crippen molar-refractivity contribution in [2.75, 3.05) is 51.2 Å². The van der Waals surface area contributed by atoms with Crippen LogP contribution in [0.15, 0.2) is 36.7 Å². The fraction of sp³-hybridized carbons (Fsp3) is 0.536. The van der Waals surface area contributed by atoms with Gasteiger partial charge in [-0.1, -0.05) is 12.1 Å². The van der Waals surface area contributed by atoms with Crippen molar-refractivity contribution in [1.82, 2.24) is 19.8 Å². The van der Waals surface area contributed by atoms with Crippen molar-refractivity contribution >= 4 is 33.3 Å². The van der Waals surface area contributed by atoms with Crippen LogP contribution in [0.1, 0.15) is 40.1 Å². The van der Waals surface area contributed by atoms with Gasteiger partial charge < -0.3 is 14.7 Å². The molecule has 4 heterocycles. The molecular weight excluding hydrogens is 511 g/mol. The zero-order valence-electron chi connectivity index (χ0n) is 21.5. The molecule has 0 bridgehead atoms. The number of anilines is 1. The molecule has 0 atom stereocenters. The van der Waals surface area contributed by atoms with Crippen LogP contribution in [-0.2, 0) is 12.8 Å².